The molecule has 0 bridgehead atoms. The second-order valence-electron chi connectivity index (χ2n) is 11.2. The van der Waals surface area contributed by atoms with E-state index in [-0.39, 0.29) is 11.7 Å². The molecular formula is C37H36N6OS. The Morgan fingerprint density at radius 3 is 2.11 bits per heavy atom. The fourth-order valence-corrected chi connectivity index (χ4v) is 6.23. The number of hydrogen-bond acceptors (Lipinski definition) is 5. The maximum Gasteiger partial charge on any atom is 0.254 e. The van der Waals surface area contributed by atoms with Crippen molar-refractivity contribution in [2.75, 3.05) is 0 Å². The highest BCUT2D eigenvalue weighted by molar-refractivity contribution is 7.09. The van der Waals surface area contributed by atoms with Gasteiger partial charge in [0, 0.05) is 42.1 Å². The SMILES string of the molecule is N=C(N)c1ccc(CCc2nc3cc(C(=O)N(Cc4ccccc4)Cc4ccc(CN)cc4)ccc3n2Cc2cccs2)cc1. The largest absolute Gasteiger partial charge is 0.384 e. The van der Waals surface area contributed by atoms with Crippen molar-refractivity contribution in [1.29, 1.82) is 5.41 Å². The van der Waals surface area contributed by atoms with Crippen molar-refractivity contribution in [2.45, 2.75) is 39.0 Å². The van der Waals surface area contributed by atoms with Crippen LogP contribution in [0, 0.1) is 5.41 Å². The average molecular weight is 613 g/mol. The molecule has 1 amide bonds. The molecule has 0 unspecified atom stereocenters. The van der Waals surface area contributed by atoms with E-state index in [2.05, 4.69) is 22.1 Å². The van der Waals surface area contributed by atoms with Gasteiger partial charge in [-0.05, 0) is 58.3 Å². The topological polar surface area (TPSA) is 114 Å². The van der Waals surface area contributed by atoms with Gasteiger partial charge in [-0.3, -0.25) is 10.2 Å². The molecule has 5 N–H and O–H groups in total. The number of fused-ring (bicyclic) bond motifs is 1. The van der Waals surface area contributed by atoms with Gasteiger partial charge < -0.3 is 20.9 Å². The van der Waals surface area contributed by atoms with Gasteiger partial charge in [0.25, 0.3) is 5.91 Å². The summed E-state index contributed by atoms with van der Waals surface area (Å²) < 4.78 is 2.26. The molecule has 6 aromatic rings. The van der Waals surface area contributed by atoms with Crippen molar-refractivity contribution in [2.24, 2.45) is 11.5 Å². The van der Waals surface area contributed by atoms with E-state index in [0.717, 1.165) is 64.1 Å². The quantitative estimate of drug-likeness (QED) is 0.108. The van der Waals surface area contributed by atoms with Crippen LogP contribution in [0.25, 0.3) is 11.0 Å². The number of rotatable bonds is 12. The summed E-state index contributed by atoms with van der Waals surface area (Å²) in [5, 5.41) is 9.75. The number of amidine groups is 1. The second-order valence-corrected chi connectivity index (χ2v) is 12.2. The number of hydrogen-bond donors (Lipinski definition) is 3. The minimum Gasteiger partial charge on any atom is -0.384 e. The summed E-state index contributed by atoms with van der Waals surface area (Å²) in [5.41, 5.74) is 18.9. The lowest BCUT2D eigenvalue weighted by Crippen LogP contribution is -2.30. The van der Waals surface area contributed by atoms with Gasteiger partial charge in [0.05, 0.1) is 17.6 Å². The molecule has 2 aromatic heterocycles. The zero-order valence-corrected chi connectivity index (χ0v) is 25.8. The molecule has 0 aliphatic carbocycles. The molecule has 7 nitrogen and oxygen atoms in total. The molecule has 0 saturated heterocycles. The minimum atomic E-state index is -0.0384. The van der Waals surface area contributed by atoms with Crippen LogP contribution in [0.15, 0.2) is 115 Å². The summed E-state index contributed by atoms with van der Waals surface area (Å²) in [6.07, 6.45) is 1.53. The summed E-state index contributed by atoms with van der Waals surface area (Å²) in [4.78, 5) is 22.3. The summed E-state index contributed by atoms with van der Waals surface area (Å²) in [6.45, 7) is 2.19. The van der Waals surface area contributed by atoms with E-state index in [1.54, 1.807) is 11.3 Å². The predicted octanol–water partition coefficient (Wildman–Crippen LogP) is 6.52. The lowest BCUT2D eigenvalue weighted by atomic mass is 10.1. The number of nitrogens with one attached hydrogen (secondary N) is 1. The summed E-state index contributed by atoms with van der Waals surface area (Å²) in [5.74, 6) is 1.000. The van der Waals surface area contributed by atoms with Gasteiger partial charge in [0.1, 0.15) is 11.7 Å². The Morgan fingerprint density at radius 2 is 1.44 bits per heavy atom. The van der Waals surface area contributed by atoms with Crippen LogP contribution in [0.2, 0.25) is 0 Å². The first-order chi connectivity index (χ1) is 22.0. The van der Waals surface area contributed by atoms with Crippen molar-refractivity contribution in [3.8, 4) is 0 Å². The van der Waals surface area contributed by atoms with Crippen LogP contribution < -0.4 is 11.5 Å². The lowest BCUT2D eigenvalue weighted by molar-refractivity contribution is 0.0730. The van der Waals surface area contributed by atoms with Crippen molar-refractivity contribution in [1.82, 2.24) is 14.5 Å². The van der Waals surface area contributed by atoms with Crippen molar-refractivity contribution >= 4 is 34.1 Å². The molecule has 0 aliphatic rings. The van der Waals surface area contributed by atoms with E-state index >= 15 is 0 Å². The van der Waals surface area contributed by atoms with Gasteiger partial charge in [0.2, 0.25) is 0 Å². The third-order valence-electron chi connectivity index (χ3n) is 8.01. The van der Waals surface area contributed by atoms with Gasteiger partial charge in [-0.1, -0.05) is 84.9 Å². The molecule has 8 heteroatoms. The van der Waals surface area contributed by atoms with E-state index in [9.17, 15) is 4.79 Å². The number of benzene rings is 4. The molecule has 0 fully saturated rings. The van der Waals surface area contributed by atoms with E-state index in [1.807, 2.05) is 102 Å². The molecule has 6 rings (SSSR count). The molecular weight excluding hydrogens is 577 g/mol. The van der Waals surface area contributed by atoms with Crippen LogP contribution in [0.3, 0.4) is 0 Å². The van der Waals surface area contributed by atoms with Crippen LogP contribution in [0.5, 0.6) is 0 Å². The van der Waals surface area contributed by atoms with E-state index in [1.165, 1.54) is 4.88 Å². The summed E-state index contributed by atoms with van der Waals surface area (Å²) in [7, 11) is 0. The number of carbonyl (C=O) groups is 1. The monoisotopic (exact) mass is 612 g/mol. The van der Waals surface area contributed by atoms with Crippen LogP contribution >= 0.6 is 11.3 Å². The van der Waals surface area contributed by atoms with E-state index < -0.39 is 0 Å². The molecule has 0 radical (unpaired) electrons. The molecule has 0 saturated carbocycles. The number of nitrogen functional groups attached to an aromatic ring is 1. The number of thiophene rings is 1. The average Bonchev–Trinajstić information content (AvgIpc) is 3.72. The predicted molar refractivity (Wildman–Crippen MR) is 182 cm³/mol. The van der Waals surface area contributed by atoms with Gasteiger partial charge >= 0.3 is 0 Å². The summed E-state index contributed by atoms with van der Waals surface area (Å²) >= 11 is 1.72. The standard InChI is InChI=1S/C37H36N6OS/c38-22-27-8-10-29(11-9-27)24-42(23-28-5-2-1-3-6-28)37(44)31-17-18-34-33(21-31)41-35(43(34)25-32-7-4-20-45-32)19-14-26-12-15-30(16-13-26)36(39)40/h1-13,15-18,20-21H,14,19,22-25,38H2,(H3,39,40). The highest BCUT2D eigenvalue weighted by Crippen LogP contribution is 2.24. The number of carbonyl (C=O) groups excluding carboxylic acids is 1. The first-order valence-corrected chi connectivity index (χ1v) is 15.9. The van der Waals surface area contributed by atoms with Gasteiger partial charge in [-0.25, -0.2) is 4.98 Å². The van der Waals surface area contributed by atoms with Crippen molar-refractivity contribution in [3.63, 3.8) is 0 Å². The van der Waals surface area contributed by atoms with Crippen LogP contribution in [0.4, 0.5) is 0 Å². The van der Waals surface area contributed by atoms with Crippen LogP contribution in [-0.2, 0) is 39.0 Å². The number of aromatic nitrogens is 2. The van der Waals surface area contributed by atoms with Crippen LogP contribution in [-0.4, -0.2) is 26.2 Å². The Balaban J connectivity index is 1.30. The highest BCUT2D eigenvalue weighted by atomic mass is 32.1. The zero-order valence-electron chi connectivity index (χ0n) is 25.0. The number of aryl methyl sites for hydroxylation is 2. The third kappa shape index (κ3) is 7.20. The Hall–Kier alpha value is -5.05. The maximum absolute atomic E-state index is 14.1. The Bertz CT molecular complexity index is 1900. The lowest BCUT2D eigenvalue weighted by Gasteiger charge is -2.23. The Labute approximate surface area is 267 Å². The van der Waals surface area contributed by atoms with Crippen LogP contribution in [0.1, 0.15) is 48.9 Å². The minimum absolute atomic E-state index is 0.0384. The molecule has 0 spiro atoms. The van der Waals surface area contributed by atoms with Crippen molar-refractivity contribution in [3.05, 3.63) is 159 Å². The second kappa shape index (κ2) is 13.7. The normalized spacial score (nSPS) is 11.1. The molecule has 0 aliphatic heterocycles. The maximum atomic E-state index is 14.1. The number of nitrogens with zero attached hydrogens (tertiary/aromatic N) is 3. The fourth-order valence-electron chi connectivity index (χ4n) is 5.53. The molecule has 226 valence electrons. The first kappa shape index (κ1) is 30.0. The smallest absolute Gasteiger partial charge is 0.254 e. The molecule has 4 aromatic carbocycles. The number of nitrogens with two attached hydrogens (primary N) is 2. The van der Waals surface area contributed by atoms with Gasteiger partial charge in [0.15, 0.2) is 0 Å². The number of amides is 1. The van der Waals surface area contributed by atoms with E-state index in [0.29, 0.717) is 25.2 Å². The van der Waals surface area contributed by atoms with E-state index in [4.69, 9.17) is 21.9 Å². The van der Waals surface area contributed by atoms with Gasteiger partial charge in [-0.2, -0.15) is 0 Å². The first-order valence-electron chi connectivity index (χ1n) is 15.0. The third-order valence-corrected chi connectivity index (χ3v) is 8.87. The Morgan fingerprint density at radius 1 is 0.778 bits per heavy atom. The van der Waals surface area contributed by atoms with Gasteiger partial charge in [-0.15, -0.1) is 11.3 Å². The zero-order chi connectivity index (χ0) is 31.2. The molecule has 45 heavy (non-hydrogen) atoms. The summed E-state index contributed by atoms with van der Waals surface area (Å²) in [6, 6.07) is 36.1. The van der Waals surface area contributed by atoms with Crippen molar-refractivity contribution < 1.29 is 4.79 Å². The molecule has 2 heterocycles. The Kier molecular flexibility index (Phi) is 9.14. The highest BCUT2D eigenvalue weighted by Gasteiger charge is 2.20. The number of imidazole rings is 1. The fraction of sp³-hybridized carbons (Fsp3) is 0.162. The molecule has 0 atom stereocenters.